The van der Waals surface area contributed by atoms with Gasteiger partial charge in [-0.15, -0.1) is 11.8 Å². The molecule has 0 bridgehead atoms. The lowest BCUT2D eigenvalue weighted by molar-refractivity contribution is 0.355. The van der Waals surface area contributed by atoms with Crippen molar-refractivity contribution >= 4 is 17.5 Å². The Bertz CT molecular complexity index is 396. The van der Waals surface area contributed by atoms with Crippen LogP contribution in [0.25, 0.3) is 5.70 Å². The predicted octanol–water partition coefficient (Wildman–Crippen LogP) is 3.67. The molecule has 3 heteroatoms. The van der Waals surface area contributed by atoms with Crippen molar-refractivity contribution in [2.24, 2.45) is 5.92 Å². The second kappa shape index (κ2) is 7.61. The van der Waals surface area contributed by atoms with Crippen molar-refractivity contribution in [2.45, 2.75) is 32.1 Å². The lowest BCUT2D eigenvalue weighted by atomic mass is 9.97. The van der Waals surface area contributed by atoms with Gasteiger partial charge >= 0.3 is 0 Å². The number of piperidine rings is 1. The van der Waals surface area contributed by atoms with E-state index >= 15 is 0 Å². The Balaban J connectivity index is 0.000000637. The third-order valence-corrected chi connectivity index (χ3v) is 4.69. The van der Waals surface area contributed by atoms with Crippen LogP contribution >= 0.6 is 11.8 Å². The van der Waals surface area contributed by atoms with Crippen LogP contribution in [0.2, 0.25) is 0 Å². The molecule has 1 fully saturated rings. The Hall–Kier alpha value is -0.930. The van der Waals surface area contributed by atoms with Gasteiger partial charge in [0.1, 0.15) is 0 Å². The van der Waals surface area contributed by atoms with E-state index in [1.807, 2.05) is 25.6 Å². The fourth-order valence-electron chi connectivity index (χ4n) is 2.51. The van der Waals surface area contributed by atoms with Crippen LogP contribution < -0.4 is 10.6 Å². The van der Waals surface area contributed by atoms with E-state index in [9.17, 15) is 0 Å². The molecule has 1 saturated heterocycles. The van der Waals surface area contributed by atoms with Gasteiger partial charge in [-0.1, -0.05) is 44.2 Å². The van der Waals surface area contributed by atoms with Crippen LogP contribution in [0.5, 0.6) is 0 Å². The van der Waals surface area contributed by atoms with Crippen molar-refractivity contribution in [3.05, 3.63) is 41.3 Å². The van der Waals surface area contributed by atoms with Crippen molar-refractivity contribution < 1.29 is 0 Å². The van der Waals surface area contributed by atoms with Gasteiger partial charge in [0, 0.05) is 5.70 Å². The molecular weight excluding hydrogens is 252 g/mol. The topological polar surface area (TPSA) is 24.1 Å². The molecule has 0 aromatic heterocycles. The van der Waals surface area contributed by atoms with E-state index in [0.717, 1.165) is 5.92 Å². The lowest BCUT2D eigenvalue weighted by Gasteiger charge is -2.28. The smallest absolute Gasteiger partial charge is 0.0793 e. The largest absolute Gasteiger partial charge is 0.372 e. The quantitative estimate of drug-likeness (QED) is 0.862. The first-order valence-electron chi connectivity index (χ1n) is 7.32. The summed E-state index contributed by atoms with van der Waals surface area (Å²) < 4.78 is 0. The molecule has 2 nitrogen and oxygen atoms in total. The first kappa shape index (κ1) is 14.5. The summed E-state index contributed by atoms with van der Waals surface area (Å²) in [5.41, 5.74) is 2.59. The highest BCUT2D eigenvalue weighted by Crippen LogP contribution is 2.34. The van der Waals surface area contributed by atoms with Crippen LogP contribution in [0.15, 0.2) is 35.7 Å². The Morgan fingerprint density at radius 3 is 2.42 bits per heavy atom. The highest BCUT2D eigenvalue weighted by atomic mass is 32.2. The average Bonchev–Trinajstić information content (AvgIpc) is 3.01. The third kappa shape index (κ3) is 3.77. The van der Waals surface area contributed by atoms with Gasteiger partial charge in [-0.25, -0.2) is 0 Å². The molecule has 19 heavy (non-hydrogen) atoms. The van der Waals surface area contributed by atoms with Crippen molar-refractivity contribution in [2.75, 3.05) is 13.1 Å². The van der Waals surface area contributed by atoms with E-state index in [2.05, 4.69) is 46.4 Å². The van der Waals surface area contributed by atoms with Crippen molar-refractivity contribution in [1.29, 1.82) is 0 Å². The summed E-state index contributed by atoms with van der Waals surface area (Å²) in [6.07, 6.45) is 2.58. The Morgan fingerprint density at radius 1 is 1.05 bits per heavy atom. The minimum atomic E-state index is 0.576. The second-order valence-electron chi connectivity index (χ2n) is 4.69. The van der Waals surface area contributed by atoms with Crippen LogP contribution in [-0.4, -0.2) is 18.5 Å². The van der Waals surface area contributed by atoms with E-state index in [4.69, 9.17) is 0 Å². The maximum atomic E-state index is 3.67. The summed E-state index contributed by atoms with van der Waals surface area (Å²) >= 11 is 1.95. The van der Waals surface area contributed by atoms with Gasteiger partial charge in [-0.2, -0.15) is 0 Å². The molecule has 2 heterocycles. The van der Waals surface area contributed by atoms with E-state index in [0.29, 0.717) is 5.37 Å². The normalized spacial score (nSPS) is 23.1. The zero-order valence-corrected chi connectivity index (χ0v) is 12.7. The van der Waals surface area contributed by atoms with Gasteiger partial charge in [-0.3, -0.25) is 0 Å². The van der Waals surface area contributed by atoms with Crippen LogP contribution in [0.4, 0.5) is 0 Å². The van der Waals surface area contributed by atoms with Crippen LogP contribution in [0.1, 0.15) is 32.3 Å². The van der Waals surface area contributed by atoms with Gasteiger partial charge in [0.05, 0.1) is 5.37 Å². The standard InChI is InChI=1S/C14H18N2S.C2H6/c1-2-4-11(5-3-1)13-10-17-14(16-13)12-6-8-15-9-7-12;1-2/h1-5,10,12,14-16H,6-9H2;1-2H3. The molecule has 1 unspecified atom stereocenters. The molecule has 0 aliphatic carbocycles. The highest BCUT2D eigenvalue weighted by molar-refractivity contribution is 8.03. The lowest BCUT2D eigenvalue weighted by Crippen LogP contribution is -2.37. The van der Waals surface area contributed by atoms with E-state index in [1.54, 1.807) is 0 Å². The zero-order chi connectivity index (χ0) is 13.5. The first-order valence-corrected chi connectivity index (χ1v) is 8.26. The number of hydrogen-bond acceptors (Lipinski definition) is 3. The Morgan fingerprint density at radius 2 is 1.74 bits per heavy atom. The predicted molar refractivity (Wildman–Crippen MR) is 85.9 cm³/mol. The van der Waals surface area contributed by atoms with Gasteiger partial charge < -0.3 is 10.6 Å². The Kier molecular flexibility index (Phi) is 5.80. The summed E-state index contributed by atoms with van der Waals surface area (Å²) in [5.74, 6) is 0.804. The number of benzene rings is 1. The number of nitrogens with one attached hydrogen (secondary N) is 2. The maximum absolute atomic E-state index is 3.67. The average molecular weight is 276 g/mol. The van der Waals surface area contributed by atoms with E-state index in [-0.39, 0.29) is 0 Å². The molecule has 2 aliphatic rings. The summed E-state index contributed by atoms with van der Waals surface area (Å²) in [6.45, 7) is 6.34. The first-order chi connectivity index (χ1) is 9.43. The molecule has 2 aliphatic heterocycles. The highest BCUT2D eigenvalue weighted by Gasteiger charge is 2.27. The van der Waals surface area contributed by atoms with E-state index < -0.39 is 0 Å². The van der Waals surface area contributed by atoms with Gasteiger partial charge in [0.2, 0.25) is 0 Å². The second-order valence-corrected chi connectivity index (χ2v) is 5.70. The number of thioether (sulfide) groups is 1. The molecule has 1 atom stereocenters. The summed E-state index contributed by atoms with van der Waals surface area (Å²) in [6, 6.07) is 10.6. The fourth-order valence-corrected chi connectivity index (χ4v) is 3.68. The zero-order valence-electron chi connectivity index (χ0n) is 11.9. The maximum Gasteiger partial charge on any atom is 0.0793 e. The van der Waals surface area contributed by atoms with Crippen LogP contribution in [-0.2, 0) is 0 Å². The van der Waals surface area contributed by atoms with Crippen molar-refractivity contribution in [3.63, 3.8) is 0 Å². The molecule has 1 aromatic rings. The minimum absolute atomic E-state index is 0.576. The Labute approximate surface area is 121 Å². The summed E-state index contributed by atoms with van der Waals surface area (Å²) in [5, 5.41) is 9.96. The van der Waals surface area contributed by atoms with Crippen molar-refractivity contribution in [1.82, 2.24) is 10.6 Å². The third-order valence-electron chi connectivity index (χ3n) is 3.53. The summed E-state index contributed by atoms with van der Waals surface area (Å²) in [4.78, 5) is 0. The van der Waals surface area contributed by atoms with E-state index in [1.165, 1.54) is 37.2 Å². The van der Waals surface area contributed by atoms with Crippen molar-refractivity contribution in [3.8, 4) is 0 Å². The molecule has 104 valence electrons. The monoisotopic (exact) mass is 276 g/mol. The summed E-state index contributed by atoms with van der Waals surface area (Å²) in [7, 11) is 0. The SMILES string of the molecule is C1=C(c2ccccc2)NC(C2CCNCC2)S1.CC. The molecule has 0 spiro atoms. The minimum Gasteiger partial charge on any atom is -0.372 e. The van der Waals surface area contributed by atoms with Gasteiger partial charge in [0.15, 0.2) is 0 Å². The van der Waals surface area contributed by atoms with Gasteiger partial charge in [-0.05, 0) is 42.8 Å². The molecule has 0 saturated carbocycles. The number of hydrogen-bond donors (Lipinski definition) is 2. The van der Waals surface area contributed by atoms with Gasteiger partial charge in [0.25, 0.3) is 0 Å². The molecular formula is C16H24N2S. The molecule has 0 amide bonds. The van der Waals surface area contributed by atoms with Crippen LogP contribution in [0, 0.1) is 5.92 Å². The molecule has 2 N–H and O–H groups in total. The van der Waals surface area contributed by atoms with Crippen LogP contribution in [0.3, 0.4) is 0 Å². The number of rotatable bonds is 2. The molecule has 1 aromatic carbocycles. The molecule has 3 rings (SSSR count). The molecule has 0 radical (unpaired) electrons. The fraction of sp³-hybridized carbons (Fsp3) is 0.500.